The smallest absolute Gasteiger partial charge is 0.338 e. The lowest BCUT2D eigenvalue weighted by Gasteiger charge is -2.11. The zero-order valence-corrected chi connectivity index (χ0v) is 17.1. The van der Waals surface area contributed by atoms with Crippen molar-refractivity contribution in [1.82, 2.24) is 4.57 Å². The van der Waals surface area contributed by atoms with E-state index in [1.165, 1.54) is 5.56 Å². The van der Waals surface area contributed by atoms with Gasteiger partial charge < -0.3 is 9.30 Å². The van der Waals surface area contributed by atoms with Crippen LogP contribution in [-0.2, 0) is 4.74 Å². The average molecular weight is 374 g/mol. The molecule has 0 N–H and O–H groups in total. The molecule has 0 aliphatic heterocycles. The van der Waals surface area contributed by atoms with Crippen LogP contribution < -0.4 is 0 Å². The summed E-state index contributed by atoms with van der Waals surface area (Å²) in [5.41, 5.74) is 8.07. The van der Waals surface area contributed by atoms with Crippen LogP contribution in [0.1, 0.15) is 45.4 Å². The van der Waals surface area contributed by atoms with Gasteiger partial charge in [-0.25, -0.2) is 4.79 Å². The van der Waals surface area contributed by atoms with E-state index >= 15 is 0 Å². The predicted octanol–water partition coefficient (Wildman–Crippen LogP) is 5.64. The molecule has 3 rings (SSSR count). The Balaban J connectivity index is 1.95. The number of carbonyl (C=O) groups excluding carboxylic acids is 1. The molecule has 0 radical (unpaired) electrons. The third-order valence-corrected chi connectivity index (χ3v) is 4.78. The normalized spacial score (nSPS) is 11.2. The third-order valence-electron chi connectivity index (χ3n) is 4.78. The van der Waals surface area contributed by atoms with Gasteiger partial charge in [0.25, 0.3) is 0 Å². The summed E-state index contributed by atoms with van der Waals surface area (Å²) in [6.45, 7) is 10.4. The predicted molar refractivity (Wildman–Crippen MR) is 114 cm³/mol. The second-order valence-corrected chi connectivity index (χ2v) is 6.98. The highest BCUT2D eigenvalue weighted by atomic mass is 16.5. The van der Waals surface area contributed by atoms with E-state index < -0.39 is 0 Å². The molecule has 0 saturated carbocycles. The molecule has 3 aromatic rings. The molecule has 0 saturated heterocycles. The van der Waals surface area contributed by atoms with E-state index in [2.05, 4.69) is 55.5 Å². The highest BCUT2D eigenvalue weighted by molar-refractivity contribution is 5.90. The van der Waals surface area contributed by atoms with Crippen LogP contribution >= 0.6 is 0 Å². The van der Waals surface area contributed by atoms with Crippen molar-refractivity contribution < 1.29 is 9.53 Å². The van der Waals surface area contributed by atoms with Gasteiger partial charge in [0.1, 0.15) is 0 Å². The number of aryl methyl sites for hydroxylation is 3. The number of aromatic nitrogens is 1. The molecule has 28 heavy (non-hydrogen) atoms. The number of esters is 1. The van der Waals surface area contributed by atoms with Gasteiger partial charge in [0.05, 0.1) is 17.9 Å². The van der Waals surface area contributed by atoms with E-state index in [1.54, 1.807) is 6.07 Å². The number of aliphatic imine (C=N–C) groups is 1. The van der Waals surface area contributed by atoms with Crippen molar-refractivity contribution in [3.8, 4) is 5.69 Å². The Morgan fingerprint density at radius 1 is 1.07 bits per heavy atom. The van der Waals surface area contributed by atoms with Gasteiger partial charge in [-0.05, 0) is 70.5 Å². The molecule has 0 amide bonds. The molecule has 0 unspecified atom stereocenters. The van der Waals surface area contributed by atoms with Gasteiger partial charge in [0.2, 0.25) is 0 Å². The molecular weight excluding hydrogens is 348 g/mol. The lowest BCUT2D eigenvalue weighted by atomic mass is 10.1. The van der Waals surface area contributed by atoms with Crippen molar-refractivity contribution >= 4 is 17.9 Å². The molecule has 0 aliphatic carbocycles. The molecule has 4 nitrogen and oxygen atoms in total. The lowest BCUT2D eigenvalue weighted by molar-refractivity contribution is 0.0526. The van der Waals surface area contributed by atoms with Crippen LogP contribution in [0, 0.1) is 27.7 Å². The van der Waals surface area contributed by atoms with Crippen molar-refractivity contribution in [1.29, 1.82) is 0 Å². The van der Waals surface area contributed by atoms with Crippen molar-refractivity contribution in [2.24, 2.45) is 4.99 Å². The number of nitrogens with zero attached hydrogens (tertiary/aromatic N) is 2. The van der Waals surface area contributed by atoms with Crippen LogP contribution in [0.2, 0.25) is 0 Å². The van der Waals surface area contributed by atoms with Crippen molar-refractivity contribution in [2.45, 2.75) is 34.6 Å². The standard InChI is InChI=1S/C24H26N2O2/c1-6-28-24(27)20-8-7-9-22(14-20)26-18(4)13-21(19(26)5)15-25-23-11-10-16(2)12-17(23)3/h7-15H,6H2,1-5H3. The van der Waals surface area contributed by atoms with Crippen molar-refractivity contribution in [3.63, 3.8) is 0 Å². The Kier molecular flexibility index (Phi) is 5.78. The average Bonchev–Trinajstić information content (AvgIpc) is 2.95. The quantitative estimate of drug-likeness (QED) is 0.428. The Bertz CT molecular complexity index is 1040. The zero-order valence-electron chi connectivity index (χ0n) is 17.1. The van der Waals surface area contributed by atoms with Crippen LogP contribution in [0.3, 0.4) is 0 Å². The molecule has 2 aromatic carbocycles. The van der Waals surface area contributed by atoms with Crippen LogP contribution in [0.5, 0.6) is 0 Å². The van der Waals surface area contributed by atoms with Crippen molar-refractivity contribution in [3.05, 3.63) is 82.2 Å². The van der Waals surface area contributed by atoms with Gasteiger partial charge in [-0.2, -0.15) is 0 Å². The summed E-state index contributed by atoms with van der Waals surface area (Å²) in [4.78, 5) is 16.7. The molecule has 1 aromatic heterocycles. The highest BCUT2D eigenvalue weighted by Crippen LogP contribution is 2.23. The largest absolute Gasteiger partial charge is 0.462 e. The first kappa shape index (κ1) is 19.6. The van der Waals surface area contributed by atoms with Gasteiger partial charge >= 0.3 is 5.97 Å². The van der Waals surface area contributed by atoms with Crippen molar-refractivity contribution in [2.75, 3.05) is 6.61 Å². The number of hydrogen-bond acceptors (Lipinski definition) is 3. The number of rotatable bonds is 5. The maximum atomic E-state index is 12.1. The molecule has 4 heteroatoms. The van der Waals surface area contributed by atoms with E-state index in [9.17, 15) is 4.79 Å². The van der Waals surface area contributed by atoms with Crippen LogP contribution in [-0.4, -0.2) is 23.4 Å². The van der Waals surface area contributed by atoms with Crippen LogP contribution in [0.15, 0.2) is 53.5 Å². The molecule has 0 aliphatic rings. The lowest BCUT2D eigenvalue weighted by Crippen LogP contribution is -2.06. The van der Waals surface area contributed by atoms with E-state index in [-0.39, 0.29) is 5.97 Å². The van der Waals surface area contributed by atoms with Crippen LogP contribution in [0.4, 0.5) is 5.69 Å². The molecule has 0 atom stereocenters. The fourth-order valence-electron chi connectivity index (χ4n) is 3.39. The summed E-state index contributed by atoms with van der Waals surface area (Å²) < 4.78 is 7.25. The zero-order chi connectivity index (χ0) is 20.3. The first-order valence-corrected chi connectivity index (χ1v) is 9.48. The summed E-state index contributed by atoms with van der Waals surface area (Å²) in [6.07, 6.45) is 1.91. The Hall–Kier alpha value is -3.14. The minimum absolute atomic E-state index is 0.302. The maximum Gasteiger partial charge on any atom is 0.338 e. The number of benzene rings is 2. The SMILES string of the molecule is CCOC(=O)c1cccc(-n2c(C)cc(C=Nc3ccc(C)cc3C)c2C)c1. The molecule has 0 fully saturated rings. The fourth-order valence-corrected chi connectivity index (χ4v) is 3.39. The summed E-state index contributed by atoms with van der Waals surface area (Å²) in [7, 11) is 0. The third kappa shape index (κ3) is 4.06. The summed E-state index contributed by atoms with van der Waals surface area (Å²) in [6, 6.07) is 15.9. The fraction of sp³-hybridized carbons (Fsp3) is 0.250. The molecule has 1 heterocycles. The highest BCUT2D eigenvalue weighted by Gasteiger charge is 2.12. The first-order chi connectivity index (χ1) is 13.4. The second kappa shape index (κ2) is 8.26. The van der Waals surface area contributed by atoms with E-state index in [0.29, 0.717) is 12.2 Å². The number of ether oxygens (including phenoxy) is 1. The summed E-state index contributed by atoms with van der Waals surface area (Å²) in [5, 5.41) is 0. The van der Waals surface area contributed by atoms with E-state index in [1.807, 2.05) is 37.4 Å². The van der Waals surface area contributed by atoms with Gasteiger partial charge in [0.15, 0.2) is 0 Å². The summed E-state index contributed by atoms with van der Waals surface area (Å²) in [5.74, 6) is -0.302. The Morgan fingerprint density at radius 2 is 1.86 bits per heavy atom. The van der Waals surface area contributed by atoms with E-state index in [0.717, 1.165) is 33.9 Å². The molecule has 0 spiro atoms. The van der Waals surface area contributed by atoms with Gasteiger partial charge in [-0.3, -0.25) is 4.99 Å². The van der Waals surface area contributed by atoms with E-state index in [4.69, 9.17) is 4.74 Å². The van der Waals surface area contributed by atoms with Gasteiger partial charge in [-0.15, -0.1) is 0 Å². The van der Waals surface area contributed by atoms with Crippen LogP contribution in [0.25, 0.3) is 5.69 Å². The Morgan fingerprint density at radius 3 is 2.57 bits per heavy atom. The molecule has 0 bridgehead atoms. The topological polar surface area (TPSA) is 43.6 Å². The first-order valence-electron chi connectivity index (χ1n) is 9.48. The monoisotopic (exact) mass is 374 g/mol. The Labute approximate surface area is 166 Å². The number of hydrogen-bond donors (Lipinski definition) is 0. The number of carbonyl (C=O) groups is 1. The summed E-state index contributed by atoms with van der Waals surface area (Å²) >= 11 is 0. The minimum Gasteiger partial charge on any atom is -0.462 e. The molecular formula is C24H26N2O2. The minimum atomic E-state index is -0.302. The second-order valence-electron chi connectivity index (χ2n) is 6.98. The van der Waals surface area contributed by atoms with Gasteiger partial charge in [-0.1, -0.05) is 23.8 Å². The van der Waals surface area contributed by atoms with Gasteiger partial charge in [0, 0.05) is 28.9 Å². The molecule has 144 valence electrons. The maximum absolute atomic E-state index is 12.1.